The summed E-state index contributed by atoms with van der Waals surface area (Å²) in [5.41, 5.74) is 7.56. The van der Waals surface area contributed by atoms with Crippen LogP contribution in [0.4, 0.5) is 5.82 Å². The largest absolute Gasteiger partial charge is 0.387 e. The van der Waals surface area contributed by atoms with E-state index in [1.165, 1.54) is 12.3 Å². The Hall–Kier alpha value is -1.52. The minimum atomic E-state index is -1.26. The molecule has 9 nitrogen and oxygen atoms in total. The molecule has 0 amide bonds. The lowest BCUT2D eigenvalue weighted by atomic mass is 10.1. The number of nitrogens with two attached hydrogens (primary N) is 1. The summed E-state index contributed by atoms with van der Waals surface area (Å²) in [5, 5.41) is 20.1. The highest BCUT2D eigenvalue weighted by Gasteiger charge is 2.44. The van der Waals surface area contributed by atoms with Crippen LogP contribution < -0.4 is 16.9 Å². The number of aliphatic hydroxyl groups is 2. The van der Waals surface area contributed by atoms with Crippen LogP contribution in [0.15, 0.2) is 17.1 Å². The molecule has 23 heavy (non-hydrogen) atoms. The van der Waals surface area contributed by atoms with Crippen LogP contribution in [0.3, 0.4) is 0 Å². The summed E-state index contributed by atoms with van der Waals surface area (Å²) in [7, 11) is 0. The molecule has 0 aromatic carbocycles. The van der Waals surface area contributed by atoms with Crippen molar-refractivity contribution >= 4 is 5.82 Å². The normalized spacial score (nSPS) is 27.4. The number of nitrogens with zero attached hydrogens (tertiary/aromatic N) is 2. The maximum absolute atomic E-state index is 11.8. The molecule has 0 spiro atoms. The third kappa shape index (κ3) is 4.49. The molecule has 2 heterocycles. The Morgan fingerprint density at radius 1 is 1.43 bits per heavy atom. The molecule has 0 radical (unpaired) electrons. The smallest absolute Gasteiger partial charge is 0.351 e. The molecule has 9 heteroatoms. The van der Waals surface area contributed by atoms with Gasteiger partial charge in [-0.1, -0.05) is 19.8 Å². The fourth-order valence-corrected chi connectivity index (χ4v) is 2.38. The molecule has 1 aliphatic heterocycles. The lowest BCUT2D eigenvalue weighted by Crippen LogP contribution is -2.36. The van der Waals surface area contributed by atoms with Crippen LogP contribution in [0.25, 0.3) is 0 Å². The van der Waals surface area contributed by atoms with Gasteiger partial charge in [0.25, 0.3) is 0 Å². The van der Waals surface area contributed by atoms with E-state index in [-0.39, 0.29) is 12.4 Å². The second-order valence-electron chi connectivity index (χ2n) is 5.50. The van der Waals surface area contributed by atoms with Crippen LogP contribution >= 0.6 is 0 Å². The standard InChI is InChI=1S/C14H24N4O5/c1-2-3-4-6-16-22-8-9-11(19)12(20)13(23-9)18-7-5-10(15)17-14(18)21/h5,7,9,11-13,16,19-20H,2-4,6,8H2,1H3,(H2,15,17,21)/t9-,11-,12-,13-/m1/s1. The van der Waals surface area contributed by atoms with E-state index in [0.717, 1.165) is 23.8 Å². The van der Waals surface area contributed by atoms with Gasteiger partial charge in [-0.2, -0.15) is 4.98 Å². The lowest BCUT2D eigenvalue weighted by molar-refractivity contribution is -0.0879. The summed E-state index contributed by atoms with van der Waals surface area (Å²) >= 11 is 0. The fraction of sp³-hybridized carbons (Fsp3) is 0.714. The second-order valence-corrected chi connectivity index (χ2v) is 5.50. The lowest BCUT2D eigenvalue weighted by Gasteiger charge is -2.16. The topological polar surface area (TPSA) is 132 Å². The first-order valence-electron chi connectivity index (χ1n) is 7.75. The zero-order valence-corrected chi connectivity index (χ0v) is 13.1. The zero-order chi connectivity index (χ0) is 16.8. The molecule has 0 aliphatic carbocycles. The Kier molecular flexibility index (Phi) is 6.48. The molecule has 0 saturated carbocycles. The molecular weight excluding hydrogens is 304 g/mol. The van der Waals surface area contributed by atoms with Crippen molar-refractivity contribution in [2.75, 3.05) is 18.9 Å². The molecule has 0 bridgehead atoms. The number of ether oxygens (including phenoxy) is 1. The Bertz CT molecular complexity index is 552. The number of anilines is 1. The van der Waals surface area contributed by atoms with Crippen molar-refractivity contribution in [3.8, 4) is 0 Å². The molecule has 4 atom stereocenters. The van der Waals surface area contributed by atoms with Gasteiger partial charge in [0.2, 0.25) is 0 Å². The van der Waals surface area contributed by atoms with Gasteiger partial charge < -0.3 is 20.7 Å². The van der Waals surface area contributed by atoms with E-state index in [4.69, 9.17) is 15.3 Å². The fourth-order valence-electron chi connectivity index (χ4n) is 2.38. The van der Waals surface area contributed by atoms with Crippen molar-refractivity contribution in [2.24, 2.45) is 0 Å². The van der Waals surface area contributed by atoms with Crippen molar-refractivity contribution in [3.63, 3.8) is 0 Å². The van der Waals surface area contributed by atoms with E-state index in [1.807, 2.05) is 0 Å². The molecule has 1 aromatic rings. The Labute approximate surface area is 134 Å². The summed E-state index contributed by atoms with van der Waals surface area (Å²) in [5.74, 6) is 0.0791. The number of nitrogen functional groups attached to an aromatic ring is 1. The minimum absolute atomic E-state index is 0.0536. The minimum Gasteiger partial charge on any atom is -0.387 e. The molecular formula is C14H24N4O5. The van der Waals surface area contributed by atoms with Crippen LogP contribution in [-0.2, 0) is 9.57 Å². The van der Waals surface area contributed by atoms with Gasteiger partial charge in [-0.3, -0.25) is 9.40 Å². The summed E-state index contributed by atoms with van der Waals surface area (Å²) < 4.78 is 6.63. The molecule has 1 aliphatic rings. The van der Waals surface area contributed by atoms with Crippen molar-refractivity contribution in [1.82, 2.24) is 15.0 Å². The van der Waals surface area contributed by atoms with Gasteiger partial charge >= 0.3 is 5.69 Å². The van der Waals surface area contributed by atoms with E-state index in [1.54, 1.807) is 0 Å². The Balaban J connectivity index is 1.89. The van der Waals surface area contributed by atoms with E-state index in [9.17, 15) is 15.0 Å². The van der Waals surface area contributed by atoms with E-state index in [2.05, 4.69) is 17.4 Å². The summed E-state index contributed by atoms with van der Waals surface area (Å²) in [4.78, 5) is 20.6. The number of unbranched alkanes of at least 4 members (excludes halogenated alkanes) is 2. The van der Waals surface area contributed by atoms with Gasteiger partial charge in [-0.25, -0.2) is 10.3 Å². The first-order valence-corrected chi connectivity index (χ1v) is 7.75. The second kappa shape index (κ2) is 8.37. The predicted octanol–water partition coefficient (Wildman–Crippen LogP) is -0.844. The average Bonchev–Trinajstić information content (AvgIpc) is 2.79. The number of nitrogens with one attached hydrogen (secondary N) is 1. The Morgan fingerprint density at radius 2 is 2.22 bits per heavy atom. The van der Waals surface area contributed by atoms with E-state index < -0.39 is 30.2 Å². The molecule has 1 fully saturated rings. The van der Waals surface area contributed by atoms with Crippen LogP contribution in [-0.4, -0.2) is 51.2 Å². The van der Waals surface area contributed by atoms with Crippen LogP contribution in [0.5, 0.6) is 0 Å². The number of hydroxylamine groups is 1. The zero-order valence-electron chi connectivity index (χ0n) is 13.1. The SMILES string of the molecule is CCCCCNOC[C@H]1O[C@@H](n2ccc(N)nc2=O)[C@H](O)[C@@H]1O. The monoisotopic (exact) mass is 328 g/mol. The van der Waals surface area contributed by atoms with Crippen LogP contribution in [0.2, 0.25) is 0 Å². The summed E-state index contributed by atoms with van der Waals surface area (Å²) in [6, 6.07) is 1.42. The van der Waals surface area contributed by atoms with Crippen LogP contribution in [0, 0.1) is 0 Å². The maximum Gasteiger partial charge on any atom is 0.351 e. The van der Waals surface area contributed by atoms with Gasteiger partial charge in [0.15, 0.2) is 6.23 Å². The molecule has 0 unspecified atom stereocenters. The van der Waals surface area contributed by atoms with Gasteiger partial charge in [0, 0.05) is 12.7 Å². The number of hydrogen-bond acceptors (Lipinski definition) is 8. The highest BCUT2D eigenvalue weighted by Crippen LogP contribution is 2.28. The first-order chi connectivity index (χ1) is 11.0. The maximum atomic E-state index is 11.8. The van der Waals surface area contributed by atoms with Gasteiger partial charge in [-0.15, -0.1) is 0 Å². The molecule has 130 valence electrons. The van der Waals surface area contributed by atoms with Crippen molar-refractivity contribution in [2.45, 2.75) is 50.7 Å². The Morgan fingerprint density at radius 3 is 2.91 bits per heavy atom. The number of aliphatic hydroxyl groups excluding tert-OH is 2. The third-order valence-corrected chi connectivity index (χ3v) is 3.69. The van der Waals surface area contributed by atoms with E-state index in [0.29, 0.717) is 6.54 Å². The van der Waals surface area contributed by atoms with E-state index >= 15 is 0 Å². The summed E-state index contributed by atoms with van der Waals surface area (Å²) in [6.07, 6.45) is 0.378. The highest BCUT2D eigenvalue weighted by molar-refractivity contribution is 5.23. The highest BCUT2D eigenvalue weighted by atomic mass is 16.7. The summed E-state index contributed by atoms with van der Waals surface area (Å²) in [6.45, 7) is 2.86. The van der Waals surface area contributed by atoms with Crippen molar-refractivity contribution < 1.29 is 19.8 Å². The molecule has 5 N–H and O–H groups in total. The molecule has 1 saturated heterocycles. The number of rotatable bonds is 8. The van der Waals surface area contributed by atoms with Gasteiger partial charge in [0.05, 0.1) is 6.61 Å². The quantitative estimate of drug-likeness (QED) is 0.359. The number of aromatic nitrogens is 2. The molecule has 1 aromatic heterocycles. The molecule has 2 rings (SSSR count). The van der Waals surface area contributed by atoms with Gasteiger partial charge in [-0.05, 0) is 12.5 Å². The van der Waals surface area contributed by atoms with Gasteiger partial charge in [0.1, 0.15) is 24.1 Å². The van der Waals surface area contributed by atoms with Crippen molar-refractivity contribution in [3.05, 3.63) is 22.7 Å². The van der Waals surface area contributed by atoms with Crippen molar-refractivity contribution in [1.29, 1.82) is 0 Å². The average molecular weight is 328 g/mol. The predicted molar refractivity (Wildman–Crippen MR) is 82.3 cm³/mol. The van der Waals surface area contributed by atoms with Crippen LogP contribution in [0.1, 0.15) is 32.4 Å². The third-order valence-electron chi connectivity index (χ3n) is 3.69. The number of hydrogen-bond donors (Lipinski definition) is 4. The first kappa shape index (κ1) is 17.8.